The quantitative estimate of drug-likeness (QED) is 0.0572. The second-order valence-corrected chi connectivity index (χ2v) is 21.6. The zero-order valence-electron chi connectivity index (χ0n) is 41.7. The molecule has 0 saturated carbocycles. The lowest BCUT2D eigenvalue weighted by Gasteiger charge is -2.45. The van der Waals surface area contributed by atoms with Crippen molar-refractivity contribution in [1.82, 2.24) is 9.80 Å². The van der Waals surface area contributed by atoms with Gasteiger partial charge in [0.05, 0.1) is 43.5 Å². The van der Waals surface area contributed by atoms with Crippen LogP contribution in [0.3, 0.4) is 0 Å². The number of aliphatic hydroxyl groups excluding tert-OH is 1. The summed E-state index contributed by atoms with van der Waals surface area (Å²) < 4.78 is 12.5. The Hall–Kier alpha value is -3.60. The number of quaternary nitrogens is 1. The first-order valence-electron chi connectivity index (χ1n) is 23.7. The maximum Gasteiger partial charge on any atom is 0.316 e. The van der Waals surface area contributed by atoms with Gasteiger partial charge in [-0.2, -0.15) is 0 Å². The van der Waals surface area contributed by atoms with E-state index in [9.17, 15) is 14.7 Å². The largest absolute Gasteiger partial charge is 1.00 e. The maximum atomic E-state index is 12.5. The lowest BCUT2D eigenvalue weighted by atomic mass is 9.95. The number of carbonyl (C=O) groups excluding carboxylic acids is 2. The minimum absolute atomic E-state index is 0. The molecule has 5 aliphatic rings. The number of ketones is 1. The fraction of sp³-hybridized carbons (Fsp3) is 0.418. The highest BCUT2D eigenvalue weighted by atomic mass is 79.9. The fourth-order valence-corrected chi connectivity index (χ4v) is 12.0. The van der Waals surface area contributed by atoms with Crippen molar-refractivity contribution in [1.29, 1.82) is 0 Å². The summed E-state index contributed by atoms with van der Waals surface area (Å²) in [6.45, 7) is 8.08. The van der Waals surface area contributed by atoms with E-state index >= 15 is 0 Å². The number of halogens is 3. The molecular formula is C55H70BrCl2N5O5S2. The number of ether oxygens (including phenoxy) is 2. The second kappa shape index (κ2) is 24.9. The number of nitrogens with zero attached hydrogens (tertiary/aromatic N) is 5. The minimum Gasteiger partial charge on any atom is -1.00 e. The van der Waals surface area contributed by atoms with Crippen LogP contribution in [0.2, 0.25) is 0 Å². The third kappa shape index (κ3) is 12.4. The molecule has 0 radical (unpaired) electrons. The maximum absolute atomic E-state index is 12.5. The van der Waals surface area contributed by atoms with Crippen LogP contribution in [-0.4, -0.2) is 136 Å². The third-order valence-corrected chi connectivity index (χ3v) is 16.7. The summed E-state index contributed by atoms with van der Waals surface area (Å²) in [5.74, 6) is -0.712. The monoisotopic (exact) mass is 1090 g/mol. The molecular weight excluding hydrogens is 1030 g/mol. The predicted molar refractivity (Wildman–Crippen MR) is 287 cm³/mol. The van der Waals surface area contributed by atoms with E-state index < -0.39 is 5.92 Å². The number of epoxide rings is 1. The van der Waals surface area contributed by atoms with Crippen LogP contribution in [0.15, 0.2) is 141 Å². The van der Waals surface area contributed by atoms with E-state index in [0.29, 0.717) is 42.8 Å². The third-order valence-electron chi connectivity index (χ3n) is 14.4. The van der Waals surface area contributed by atoms with Crippen LogP contribution < -0.4 is 26.8 Å². The van der Waals surface area contributed by atoms with Crippen molar-refractivity contribution in [2.75, 3.05) is 71.8 Å². The van der Waals surface area contributed by atoms with Crippen molar-refractivity contribution in [3.63, 3.8) is 0 Å². The molecule has 15 heteroatoms. The van der Waals surface area contributed by atoms with Gasteiger partial charge in [0, 0.05) is 69.6 Å². The SMILES string of the molecule is CC(CN1c2ccccc2Sc2ccccc21)N(C)C.CCC(=O)c1ccc2c(c1)N(CC(C)N(C)C)c1ccccc1S2.C[N+]1(C)[C@@H]2CC(OC(=O)[C@H](CO)c3ccccc3)C[C@H]1[C@@H]1O[C@@H]12.Cl.Cl.[Br-]. The average molecular weight is 1100 g/mol. The number of para-hydroxylation sites is 3. The van der Waals surface area contributed by atoms with Gasteiger partial charge in [-0.3, -0.25) is 9.59 Å². The number of esters is 1. The molecule has 70 heavy (non-hydrogen) atoms. The van der Waals surface area contributed by atoms with Crippen LogP contribution >= 0.6 is 48.3 Å². The van der Waals surface area contributed by atoms with Gasteiger partial charge in [-0.15, -0.1) is 24.8 Å². The first-order valence-corrected chi connectivity index (χ1v) is 25.4. The highest BCUT2D eigenvalue weighted by Crippen LogP contribution is 2.52. The van der Waals surface area contributed by atoms with E-state index in [-0.39, 0.29) is 66.3 Å². The lowest BCUT2D eigenvalue weighted by molar-refractivity contribution is -0.938. The molecule has 3 unspecified atom stereocenters. The summed E-state index contributed by atoms with van der Waals surface area (Å²) in [6, 6.07) is 43.1. The summed E-state index contributed by atoms with van der Waals surface area (Å²) in [7, 11) is 13.0. The highest BCUT2D eigenvalue weighted by Gasteiger charge is 2.70. The van der Waals surface area contributed by atoms with E-state index in [4.69, 9.17) is 9.47 Å². The van der Waals surface area contributed by atoms with Crippen molar-refractivity contribution in [3.8, 4) is 0 Å². The molecule has 0 aromatic heterocycles. The molecule has 3 saturated heterocycles. The van der Waals surface area contributed by atoms with Gasteiger partial charge in [0.15, 0.2) is 5.78 Å². The number of piperidine rings is 1. The van der Waals surface area contributed by atoms with Crippen molar-refractivity contribution in [2.24, 2.45) is 0 Å². The number of rotatable bonds is 12. The number of hydrogen-bond donors (Lipinski definition) is 1. The Kier molecular flexibility index (Phi) is 20.4. The normalized spacial score (nSPS) is 21.6. The van der Waals surface area contributed by atoms with Crippen molar-refractivity contribution >= 4 is 82.8 Å². The number of likely N-dealkylation sites (N-methyl/N-ethyl adjacent to an activating group) is 3. The van der Waals surface area contributed by atoms with E-state index in [1.54, 1.807) is 11.8 Å². The lowest BCUT2D eigenvalue weighted by Crippen LogP contribution is -3.00. The van der Waals surface area contributed by atoms with Gasteiger partial charge in [0.2, 0.25) is 0 Å². The van der Waals surface area contributed by atoms with Crippen LogP contribution in [0.5, 0.6) is 0 Å². The van der Waals surface area contributed by atoms with Gasteiger partial charge >= 0.3 is 5.97 Å². The van der Waals surface area contributed by atoms with Crippen LogP contribution in [0, 0.1) is 0 Å². The fourth-order valence-electron chi connectivity index (χ4n) is 9.79. The Balaban J connectivity index is 0.000000192. The molecule has 8 atom stereocenters. The van der Waals surface area contributed by atoms with E-state index in [2.05, 4.69) is 161 Å². The zero-order chi connectivity index (χ0) is 47.6. The van der Waals surface area contributed by atoms with Crippen LogP contribution in [0.25, 0.3) is 0 Å². The van der Waals surface area contributed by atoms with Gasteiger partial charge < -0.3 is 55.6 Å². The number of hydrogen-bond acceptors (Lipinski definition) is 11. The standard InChI is InChI=1S/C20H24N2OS.C18H24NO4.C17H20N2S.BrH.2ClH/c1-5-18(23)15-10-11-20-17(12-15)22(13-14(2)21(3)4)16-8-6-7-9-19(16)24-20;1-19(2)14-8-12(9-15(19)17-16(14)23-17)22-18(21)13(10-20)11-6-4-3-5-7-11;1-13(18(2)3)12-19-14-8-4-6-10-16(14)20-17-11-7-5-9-15(17)19;;;/h6-12,14H,5,13H2,1-4H3;3-7,12-17,20H,8-10H2,1-2H3;4-11,13H,12H2,1-3H3;3*1H/q;+1;;;;/p-1/t;12?,13-,14-,15+,16-,17+;;;;/m.1..../s1. The van der Waals surface area contributed by atoms with Gasteiger partial charge in [0.25, 0.3) is 0 Å². The smallest absolute Gasteiger partial charge is 0.316 e. The van der Waals surface area contributed by atoms with Crippen LogP contribution in [-0.2, 0) is 14.3 Å². The Bertz CT molecular complexity index is 2480. The summed E-state index contributed by atoms with van der Waals surface area (Å²) >= 11 is 3.65. The summed E-state index contributed by atoms with van der Waals surface area (Å²) in [6.07, 6.45) is 2.88. The van der Waals surface area contributed by atoms with Crippen LogP contribution in [0.1, 0.15) is 61.9 Å². The van der Waals surface area contributed by atoms with Crippen molar-refractivity contribution < 1.29 is 45.6 Å². The number of benzene rings is 5. The van der Waals surface area contributed by atoms with Gasteiger partial charge in [0.1, 0.15) is 36.3 Å². The number of fused-ring (bicyclic) bond motifs is 9. The summed E-state index contributed by atoms with van der Waals surface area (Å²) in [5.41, 5.74) is 6.63. The van der Waals surface area contributed by atoms with Gasteiger partial charge in [-0.1, -0.05) is 103 Å². The highest BCUT2D eigenvalue weighted by molar-refractivity contribution is 8.00. The van der Waals surface area contributed by atoms with E-state index in [0.717, 1.165) is 47.2 Å². The molecule has 0 aliphatic carbocycles. The van der Waals surface area contributed by atoms with E-state index in [1.807, 2.05) is 55.1 Å². The first-order chi connectivity index (χ1) is 32.2. The summed E-state index contributed by atoms with van der Waals surface area (Å²) in [4.78, 5) is 39.1. The molecule has 0 amide bonds. The molecule has 5 aromatic carbocycles. The van der Waals surface area contributed by atoms with Crippen molar-refractivity contribution in [2.45, 2.75) is 108 Å². The van der Waals surface area contributed by atoms with Gasteiger partial charge in [-0.05, 0) is 96.1 Å². The summed E-state index contributed by atoms with van der Waals surface area (Å²) in [5, 5.41) is 9.60. The molecule has 5 aromatic rings. The number of anilines is 4. The molecule has 378 valence electrons. The molecule has 5 heterocycles. The Morgan fingerprint density at radius 3 is 1.56 bits per heavy atom. The molecule has 10 rings (SSSR count). The predicted octanol–water partition coefficient (Wildman–Crippen LogP) is 7.98. The minimum atomic E-state index is -0.593. The molecule has 3 fully saturated rings. The number of aliphatic hydroxyl groups is 1. The number of carbonyl (C=O) groups is 2. The van der Waals surface area contributed by atoms with Crippen LogP contribution in [0.4, 0.5) is 22.7 Å². The average Bonchev–Trinajstić information content (AvgIpc) is 4.11. The zero-order valence-corrected chi connectivity index (χ0v) is 46.6. The Morgan fingerprint density at radius 2 is 1.11 bits per heavy atom. The van der Waals surface area contributed by atoms with Gasteiger partial charge in [-0.25, -0.2) is 0 Å². The topological polar surface area (TPSA) is 89.1 Å². The molecule has 1 N–H and O–H groups in total. The van der Waals surface area contributed by atoms with Crippen molar-refractivity contribution in [3.05, 3.63) is 132 Å². The number of morpholine rings is 1. The Morgan fingerprint density at radius 1 is 0.686 bits per heavy atom. The second-order valence-electron chi connectivity index (χ2n) is 19.4. The molecule has 2 bridgehead atoms. The Labute approximate surface area is 447 Å². The molecule has 10 nitrogen and oxygen atoms in total. The molecule has 5 aliphatic heterocycles. The van der Waals surface area contributed by atoms with E-state index in [1.165, 1.54) is 36.6 Å². The number of Topliss-reactive ketones (excluding diaryl/α,β-unsaturated/α-hetero) is 1. The molecule has 0 spiro atoms. The first kappa shape index (κ1) is 57.3.